The van der Waals surface area contributed by atoms with Gasteiger partial charge in [0.2, 0.25) is 0 Å². The first kappa shape index (κ1) is 15.8. The predicted octanol–water partition coefficient (Wildman–Crippen LogP) is 1.41. The van der Waals surface area contributed by atoms with E-state index < -0.39 is 18.4 Å². The number of aliphatic hydroxyl groups is 2. The Balaban J connectivity index is 2.35. The maximum Gasteiger partial charge on any atom is 0.393 e. The van der Waals surface area contributed by atoms with Crippen molar-refractivity contribution in [3.8, 4) is 11.5 Å². The van der Waals surface area contributed by atoms with Crippen LogP contribution in [0.25, 0.3) is 0 Å². The van der Waals surface area contributed by atoms with Crippen LogP contribution in [0.1, 0.15) is 5.56 Å². The third-order valence-corrected chi connectivity index (χ3v) is 2.98. The molecule has 0 amide bonds. The molecule has 0 fully saturated rings. The highest BCUT2D eigenvalue weighted by Crippen LogP contribution is 2.26. The van der Waals surface area contributed by atoms with Gasteiger partial charge in [0.1, 0.15) is 18.1 Å². The fourth-order valence-electron chi connectivity index (χ4n) is 1.83. The first-order valence-corrected chi connectivity index (χ1v) is 6.57. The van der Waals surface area contributed by atoms with Gasteiger partial charge in [0.25, 0.3) is 0 Å². The predicted molar refractivity (Wildman–Crippen MR) is 77.5 cm³/mol. The number of aliphatic carboxylic acids is 1. The molecule has 1 unspecified atom stereocenters. The Kier molecular flexibility index (Phi) is 4.98. The zero-order valence-corrected chi connectivity index (χ0v) is 11.7. The molecule has 0 aliphatic heterocycles. The van der Waals surface area contributed by atoms with Gasteiger partial charge in [0.05, 0.1) is 6.61 Å². The molecule has 116 valence electrons. The minimum Gasteiger partial charge on any atom is -0.475 e. The van der Waals surface area contributed by atoms with Crippen LogP contribution in [0.15, 0.2) is 54.6 Å². The first-order chi connectivity index (χ1) is 10.6. The number of rotatable bonds is 7. The number of carboxylic acids is 1. The third-order valence-electron chi connectivity index (χ3n) is 2.98. The number of hydrogen-bond acceptors (Lipinski definition) is 5. The van der Waals surface area contributed by atoms with Crippen molar-refractivity contribution in [3.63, 3.8) is 0 Å². The number of ether oxygens (including phenoxy) is 2. The summed E-state index contributed by atoms with van der Waals surface area (Å²) >= 11 is 0. The third kappa shape index (κ3) is 3.36. The van der Waals surface area contributed by atoms with Gasteiger partial charge in [-0.3, -0.25) is 0 Å². The maximum absolute atomic E-state index is 11.6. The fourth-order valence-corrected chi connectivity index (χ4v) is 1.83. The van der Waals surface area contributed by atoms with Gasteiger partial charge in [0, 0.05) is 5.56 Å². The Morgan fingerprint density at radius 3 is 2.18 bits per heavy atom. The van der Waals surface area contributed by atoms with E-state index in [-0.39, 0.29) is 18.1 Å². The molecule has 22 heavy (non-hydrogen) atoms. The lowest BCUT2D eigenvalue weighted by molar-refractivity contribution is -0.195. The summed E-state index contributed by atoms with van der Waals surface area (Å²) in [6.07, 6.45) is 0. The Hall–Kier alpha value is -2.57. The first-order valence-electron chi connectivity index (χ1n) is 6.57. The van der Waals surface area contributed by atoms with Gasteiger partial charge in [-0.05, 0) is 18.2 Å². The van der Waals surface area contributed by atoms with Crippen LogP contribution in [0.3, 0.4) is 0 Å². The van der Waals surface area contributed by atoms with E-state index in [0.717, 1.165) is 0 Å². The standard InChI is InChI=1S/C16H16O6/c17-10-12-6-4-5-9-14(12)22-16(11-18,15(19)20)21-13-7-2-1-3-8-13/h1-9,17-18H,10-11H2,(H,19,20). The molecule has 1 atom stereocenters. The molecule has 2 rings (SSSR count). The molecule has 3 N–H and O–H groups in total. The summed E-state index contributed by atoms with van der Waals surface area (Å²) in [7, 11) is 0. The van der Waals surface area contributed by atoms with Crippen LogP contribution < -0.4 is 9.47 Å². The van der Waals surface area contributed by atoms with Crippen molar-refractivity contribution in [2.24, 2.45) is 0 Å². The van der Waals surface area contributed by atoms with Crippen LogP contribution in [0.4, 0.5) is 0 Å². The molecule has 0 aromatic heterocycles. The second kappa shape index (κ2) is 6.93. The van der Waals surface area contributed by atoms with Gasteiger partial charge in [0.15, 0.2) is 0 Å². The van der Waals surface area contributed by atoms with Crippen LogP contribution in [-0.4, -0.2) is 33.7 Å². The molecule has 6 heteroatoms. The summed E-state index contributed by atoms with van der Waals surface area (Å²) in [4.78, 5) is 11.6. The average Bonchev–Trinajstić information content (AvgIpc) is 2.55. The summed E-state index contributed by atoms with van der Waals surface area (Å²) in [5, 5.41) is 28.3. The molecule has 0 spiro atoms. The zero-order valence-electron chi connectivity index (χ0n) is 11.7. The smallest absolute Gasteiger partial charge is 0.393 e. The zero-order chi connectivity index (χ0) is 16.0. The van der Waals surface area contributed by atoms with E-state index in [9.17, 15) is 20.1 Å². The molecular formula is C16H16O6. The summed E-state index contributed by atoms with van der Waals surface area (Å²) in [6.45, 7) is -1.24. The van der Waals surface area contributed by atoms with Crippen molar-refractivity contribution in [3.05, 3.63) is 60.2 Å². The van der Waals surface area contributed by atoms with Crippen molar-refractivity contribution in [1.29, 1.82) is 0 Å². The van der Waals surface area contributed by atoms with Crippen molar-refractivity contribution in [2.45, 2.75) is 12.4 Å². The van der Waals surface area contributed by atoms with Crippen molar-refractivity contribution in [2.75, 3.05) is 6.61 Å². The van der Waals surface area contributed by atoms with Crippen molar-refractivity contribution < 1.29 is 29.6 Å². The molecule has 2 aromatic rings. The van der Waals surface area contributed by atoms with Crippen LogP contribution in [-0.2, 0) is 11.4 Å². The summed E-state index contributed by atoms with van der Waals surface area (Å²) in [6, 6.07) is 14.6. The number of para-hydroxylation sites is 2. The van der Waals surface area contributed by atoms with Crippen LogP contribution in [0.5, 0.6) is 11.5 Å². The van der Waals surface area contributed by atoms with E-state index >= 15 is 0 Å². The van der Waals surface area contributed by atoms with Gasteiger partial charge >= 0.3 is 11.8 Å². The van der Waals surface area contributed by atoms with Gasteiger partial charge in [-0.15, -0.1) is 0 Å². The number of carboxylic acid groups (broad SMARTS) is 1. The molecule has 0 bridgehead atoms. The fraction of sp³-hybridized carbons (Fsp3) is 0.188. The maximum atomic E-state index is 11.6. The number of aliphatic hydroxyl groups excluding tert-OH is 2. The minimum absolute atomic E-state index is 0.123. The lowest BCUT2D eigenvalue weighted by Gasteiger charge is -2.29. The van der Waals surface area contributed by atoms with E-state index in [2.05, 4.69) is 0 Å². The van der Waals surface area contributed by atoms with Gasteiger partial charge < -0.3 is 24.8 Å². The summed E-state index contributed by atoms with van der Waals surface area (Å²) in [5.74, 6) is -3.42. The summed E-state index contributed by atoms with van der Waals surface area (Å²) in [5.41, 5.74) is 0.387. The quantitative estimate of drug-likeness (QED) is 0.669. The molecular weight excluding hydrogens is 288 g/mol. The molecule has 0 saturated carbocycles. The normalized spacial score (nSPS) is 13.2. The second-order valence-corrected chi connectivity index (χ2v) is 4.50. The number of hydrogen-bond donors (Lipinski definition) is 3. The Morgan fingerprint density at radius 1 is 0.955 bits per heavy atom. The molecule has 0 radical (unpaired) electrons. The molecule has 0 saturated heterocycles. The molecule has 6 nitrogen and oxygen atoms in total. The highest BCUT2D eigenvalue weighted by atomic mass is 16.7. The van der Waals surface area contributed by atoms with Gasteiger partial charge in [-0.2, -0.15) is 0 Å². The Bertz CT molecular complexity index is 628. The SMILES string of the molecule is O=C(O)C(CO)(Oc1ccccc1)Oc1ccccc1CO. The van der Waals surface area contributed by atoms with Gasteiger partial charge in [-0.1, -0.05) is 36.4 Å². The monoisotopic (exact) mass is 304 g/mol. The lowest BCUT2D eigenvalue weighted by Crippen LogP contribution is -2.53. The van der Waals surface area contributed by atoms with E-state index in [1.54, 1.807) is 48.5 Å². The molecule has 0 aliphatic rings. The molecule has 2 aromatic carbocycles. The highest BCUT2D eigenvalue weighted by Gasteiger charge is 2.44. The van der Waals surface area contributed by atoms with E-state index in [1.807, 2.05) is 0 Å². The van der Waals surface area contributed by atoms with Gasteiger partial charge in [-0.25, -0.2) is 4.79 Å². The van der Waals surface area contributed by atoms with E-state index in [0.29, 0.717) is 5.56 Å². The average molecular weight is 304 g/mol. The van der Waals surface area contributed by atoms with Crippen molar-refractivity contribution in [1.82, 2.24) is 0 Å². The van der Waals surface area contributed by atoms with Crippen LogP contribution >= 0.6 is 0 Å². The largest absolute Gasteiger partial charge is 0.475 e. The Morgan fingerprint density at radius 2 is 1.59 bits per heavy atom. The summed E-state index contributed by atoms with van der Waals surface area (Å²) < 4.78 is 10.8. The van der Waals surface area contributed by atoms with Crippen molar-refractivity contribution >= 4 is 5.97 Å². The van der Waals surface area contributed by atoms with Crippen LogP contribution in [0, 0.1) is 0 Å². The topological polar surface area (TPSA) is 96.2 Å². The highest BCUT2D eigenvalue weighted by molar-refractivity contribution is 5.77. The molecule has 0 heterocycles. The number of carbonyl (C=O) groups is 1. The lowest BCUT2D eigenvalue weighted by atomic mass is 10.2. The minimum atomic E-state index is -2.30. The second-order valence-electron chi connectivity index (χ2n) is 4.50. The van der Waals surface area contributed by atoms with E-state index in [1.165, 1.54) is 6.07 Å². The number of benzene rings is 2. The molecule has 0 aliphatic carbocycles. The van der Waals surface area contributed by atoms with Crippen LogP contribution in [0.2, 0.25) is 0 Å². The van der Waals surface area contributed by atoms with E-state index in [4.69, 9.17) is 9.47 Å². The Labute approximate surface area is 127 Å².